The number of hydrogen-bond acceptors (Lipinski definition) is 4. The number of aromatic nitrogens is 2. The molecule has 4 N–H and O–H groups in total. The lowest BCUT2D eigenvalue weighted by atomic mass is 10.0. The van der Waals surface area contributed by atoms with Crippen LogP contribution in [0.25, 0.3) is 33.5 Å². The molecule has 4 aromatic rings. The van der Waals surface area contributed by atoms with E-state index in [1.165, 1.54) is 36.4 Å². The van der Waals surface area contributed by atoms with Gasteiger partial charge in [-0.05, 0) is 36.4 Å². The monoisotopic (exact) mass is 448 g/mol. The number of benzene rings is 3. The van der Waals surface area contributed by atoms with Crippen LogP contribution in [0.5, 0.6) is 0 Å². The fourth-order valence-corrected chi connectivity index (χ4v) is 3.17. The topological polar surface area (TPSA) is 77.8 Å². The highest BCUT2D eigenvalue weighted by atomic mass is 19.4. The van der Waals surface area contributed by atoms with E-state index < -0.39 is 23.5 Å². The molecule has 0 aliphatic heterocycles. The van der Waals surface area contributed by atoms with Gasteiger partial charge in [0.1, 0.15) is 0 Å². The van der Waals surface area contributed by atoms with Crippen LogP contribution >= 0.6 is 0 Å². The summed E-state index contributed by atoms with van der Waals surface area (Å²) in [6.07, 6.45) is -9.04. The predicted molar refractivity (Wildman–Crippen MR) is 109 cm³/mol. The van der Waals surface area contributed by atoms with Crippen molar-refractivity contribution < 1.29 is 26.3 Å². The summed E-state index contributed by atoms with van der Waals surface area (Å²) in [5, 5.41) is 0. The molecule has 32 heavy (non-hydrogen) atoms. The zero-order valence-corrected chi connectivity index (χ0v) is 16.1. The van der Waals surface area contributed by atoms with Crippen LogP contribution in [0.2, 0.25) is 0 Å². The Bertz CT molecular complexity index is 1190. The number of nitrogens with zero attached hydrogens (tertiary/aromatic N) is 2. The average Bonchev–Trinajstić information content (AvgIpc) is 2.73. The Labute approximate surface area is 177 Å². The van der Waals surface area contributed by atoms with Crippen molar-refractivity contribution in [3.05, 3.63) is 71.8 Å². The normalized spacial score (nSPS) is 12.3. The molecule has 0 aliphatic carbocycles. The van der Waals surface area contributed by atoms with Crippen LogP contribution in [0.4, 0.5) is 37.7 Å². The molecule has 4 nitrogen and oxygen atoms in total. The lowest BCUT2D eigenvalue weighted by molar-refractivity contribution is -0.138. The van der Waals surface area contributed by atoms with Crippen LogP contribution in [0.3, 0.4) is 0 Å². The largest absolute Gasteiger partial charge is 0.416 e. The lowest BCUT2D eigenvalue weighted by Gasteiger charge is -2.13. The van der Waals surface area contributed by atoms with Crippen molar-refractivity contribution in [1.29, 1.82) is 0 Å². The molecule has 0 saturated heterocycles. The Morgan fingerprint density at radius 1 is 0.531 bits per heavy atom. The first-order valence-corrected chi connectivity index (χ1v) is 9.15. The van der Waals surface area contributed by atoms with Crippen LogP contribution in [0, 0.1) is 0 Å². The number of fused-ring (bicyclic) bond motifs is 1. The highest BCUT2D eigenvalue weighted by Crippen LogP contribution is 2.36. The van der Waals surface area contributed by atoms with Gasteiger partial charge in [0.05, 0.1) is 44.9 Å². The number of rotatable bonds is 2. The second kappa shape index (κ2) is 7.40. The summed E-state index contributed by atoms with van der Waals surface area (Å²) in [6, 6.07) is 11.5. The minimum Gasteiger partial charge on any atom is -0.397 e. The third-order valence-corrected chi connectivity index (χ3v) is 4.84. The van der Waals surface area contributed by atoms with Crippen molar-refractivity contribution in [1.82, 2.24) is 9.97 Å². The van der Waals surface area contributed by atoms with Crippen molar-refractivity contribution in [2.75, 3.05) is 11.5 Å². The molecule has 0 atom stereocenters. The van der Waals surface area contributed by atoms with Gasteiger partial charge in [0.2, 0.25) is 0 Å². The minimum atomic E-state index is -4.52. The van der Waals surface area contributed by atoms with E-state index in [0.717, 1.165) is 24.3 Å². The predicted octanol–water partition coefficient (Wildman–Crippen LogP) is 6.17. The second-order valence-corrected chi connectivity index (χ2v) is 7.04. The first-order valence-electron chi connectivity index (χ1n) is 9.15. The number of halogens is 6. The third-order valence-electron chi connectivity index (χ3n) is 4.84. The molecule has 0 bridgehead atoms. The van der Waals surface area contributed by atoms with Crippen molar-refractivity contribution in [2.45, 2.75) is 12.4 Å². The summed E-state index contributed by atoms with van der Waals surface area (Å²) in [6.45, 7) is 0. The fraction of sp³-hybridized carbons (Fsp3) is 0.0909. The highest BCUT2D eigenvalue weighted by molar-refractivity contribution is 5.90. The second-order valence-electron chi connectivity index (χ2n) is 7.04. The molecule has 0 amide bonds. The maximum Gasteiger partial charge on any atom is 0.416 e. The van der Waals surface area contributed by atoms with E-state index in [1.54, 1.807) is 0 Å². The Morgan fingerprint density at radius 2 is 0.844 bits per heavy atom. The molecule has 0 unspecified atom stereocenters. The number of nitrogens with two attached hydrogens (primary N) is 2. The number of alkyl halides is 6. The molecule has 4 rings (SSSR count). The lowest BCUT2D eigenvalue weighted by Crippen LogP contribution is -2.05. The first-order chi connectivity index (χ1) is 14.9. The smallest absolute Gasteiger partial charge is 0.397 e. The van der Waals surface area contributed by atoms with Gasteiger partial charge < -0.3 is 11.5 Å². The third kappa shape index (κ3) is 4.03. The average molecular weight is 448 g/mol. The molecule has 0 radical (unpaired) electrons. The van der Waals surface area contributed by atoms with Crippen LogP contribution in [-0.2, 0) is 12.4 Å². The van der Waals surface area contributed by atoms with Gasteiger partial charge in [-0.15, -0.1) is 0 Å². The van der Waals surface area contributed by atoms with Gasteiger partial charge in [0.25, 0.3) is 0 Å². The van der Waals surface area contributed by atoms with E-state index in [-0.39, 0.29) is 22.8 Å². The van der Waals surface area contributed by atoms with Gasteiger partial charge in [-0.3, -0.25) is 0 Å². The molecule has 0 aliphatic rings. The molecule has 0 spiro atoms. The van der Waals surface area contributed by atoms with E-state index in [4.69, 9.17) is 11.5 Å². The van der Waals surface area contributed by atoms with Crippen LogP contribution in [0.15, 0.2) is 60.7 Å². The van der Waals surface area contributed by atoms with Crippen molar-refractivity contribution in [3.8, 4) is 22.5 Å². The number of hydrogen-bond donors (Lipinski definition) is 2. The highest BCUT2D eigenvalue weighted by Gasteiger charge is 2.31. The Morgan fingerprint density at radius 3 is 1.12 bits per heavy atom. The van der Waals surface area contributed by atoms with Crippen LogP contribution in [0.1, 0.15) is 11.1 Å². The molecular formula is C22H14F6N4. The SMILES string of the molecule is Nc1cc2nc(-c3ccc(C(F)(F)F)cc3)c(-c3ccc(C(F)(F)F)cc3)nc2cc1N. The number of nitrogen functional groups attached to an aromatic ring is 2. The fourth-order valence-electron chi connectivity index (χ4n) is 3.17. The maximum absolute atomic E-state index is 12.9. The van der Waals surface area contributed by atoms with Crippen LogP contribution in [-0.4, -0.2) is 9.97 Å². The van der Waals surface area contributed by atoms with E-state index in [1.807, 2.05) is 0 Å². The summed E-state index contributed by atoms with van der Waals surface area (Å²) in [5.41, 5.74) is 12.1. The Hall–Kier alpha value is -3.82. The molecule has 3 aromatic carbocycles. The quantitative estimate of drug-likeness (QED) is 0.284. The molecule has 10 heteroatoms. The Balaban J connectivity index is 1.93. The molecule has 1 heterocycles. The van der Waals surface area contributed by atoms with Crippen molar-refractivity contribution in [3.63, 3.8) is 0 Å². The summed E-state index contributed by atoms with van der Waals surface area (Å²) < 4.78 is 77.7. The van der Waals surface area contributed by atoms with Gasteiger partial charge in [0, 0.05) is 11.1 Å². The van der Waals surface area contributed by atoms with Gasteiger partial charge in [0.15, 0.2) is 0 Å². The van der Waals surface area contributed by atoms with E-state index in [0.29, 0.717) is 22.2 Å². The standard InChI is InChI=1S/C22H14F6N4/c23-21(24,25)13-5-1-11(2-6-13)19-20(12-3-7-14(8-4-12)22(26,27)28)32-18-10-16(30)15(29)9-17(18)31-19/h1-10H,29-30H2. The van der Waals surface area contributed by atoms with Crippen molar-refractivity contribution in [2.24, 2.45) is 0 Å². The molecule has 164 valence electrons. The zero-order valence-electron chi connectivity index (χ0n) is 16.1. The van der Waals surface area contributed by atoms with Gasteiger partial charge in [-0.25, -0.2) is 9.97 Å². The summed E-state index contributed by atoms with van der Waals surface area (Å²) in [7, 11) is 0. The summed E-state index contributed by atoms with van der Waals surface area (Å²) in [4.78, 5) is 8.97. The van der Waals surface area contributed by atoms with Gasteiger partial charge >= 0.3 is 12.4 Å². The molecule has 0 saturated carbocycles. The van der Waals surface area contributed by atoms with Crippen LogP contribution < -0.4 is 11.5 Å². The van der Waals surface area contributed by atoms with E-state index in [9.17, 15) is 26.3 Å². The first kappa shape index (κ1) is 21.4. The maximum atomic E-state index is 12.9. The summed E-state index contributed by atoms with van der Waals surface area (Å²) >= 11 is 0. The molecule has 1 aromatic heterocycles. The number of anilines is 2. The molecular weight excluding hydrogens is 434 g/mol. The Kier molecular flexibility index (Phi) is 4.95. The summed E-state index contributed by atoms with van der Waals surface area (Å²) in [5.74, 6) is 0. The minimum absolute atomic E-state index is 0.190. The zero-order chi connectivity index (χ0) is 23.3. The van der Waals surface area contributed by atoms with E-state index >= 15 is 0 Å². The van der Waals surface area contributed by atoms with Crippen molar-refractivity contribution >= 4 is 22.4 Å². The van der Waals surface area contributed by atoms with Gasteiger partial charge in [-0.1, -0.05) is 24.3 Å². The van der Waals surface area contributed by atoms with E-state index in [2.05, 4.69) is 9.97 Å². The molecule has 0 fully saturated rings. The van der Waals surface area contributed by atoms with Gasteiger partial charge in [-0.2, -0.15) is 26.3 Å².